The Morgan fingerprint density at radius 1 is 0.933 bits per heavy atom. The third kappa shape index (κ3) is 7.13. The number of nitrogens with one attached hydrogen (secondary N) is 3. The maximum absolute atomic E-state index is 12.3. The van der Waals surface area contributed by atoms with Gasteiger partial charge in [-0.2, -0.15) is 0 Å². The van der Waals surface area contributed by atoms with E-state index in [2.05, 4.69) is 49.1 Å². The maximum Gasteiger partial charge on any atom is 0.251 e. The molecule has 1 aromatic carbocycles. The Morgan fingerprint density at radius 3 is 2.10 bits per heavy atom. The number of rotatable bonds is 12. The molecule has 0 radical (unpaired) electrons. The molecule has 3 N–H and O–H groups in total. The summed E-state index contributed by atoms with van der Waals surface area (Å²) in [5.41, 5.74) is 1.82. The van der Waals surface area contributed by atoms with Gasteiger partial charge < -0.3 is 20.2 Å². The van der Waals surface area contributed by atoms with Crippen molar-refractivity contribution in [3.05, 3.63) is 71.8 Å². The molecule has 0 fully saturated rings. The van der Waals surface area contributed by atoms with Crippen LogP contribution in [-0.2, 0) is 19.6 Å². The summed E-state index contributed by atoms with van der Waals surface area (Å²) in [5.74, 6) is 1.80. The molecule has 0 unspecified atom stereocenters. The normalized spacial score (nSPS) is 11.3. The molecular formula is C22H31N7O. The van der Waals surface area contributed by atoms with Gasteiger partial charge in [-0.25, -0.2) is 9.97 Å². The molecule has 3 rings (SSSR count). The second kappa shape index (κ2) is 11.3. The van der Waals surface area contributed by atoms with Gasteiger partial charge in [0.1, 0.15) is 11.6 Å². The Morgan fingerprint density at radius 2 is 1.57 bits per heavy atom. The number of carbonyl (C=O) groups excluding carboxylic acids is 1. The lowest BCUT2D eigenvalue weighted by atomic mass is 10.1. The molecule has 0 aliphatic rings. The van der Waals surface area contributed by atoms with E-state index in [1.54, 1.807) is 12.4 Å². The molecule has 2 aromatic heterocycles. The van der Waals surface area contributed by atoms with Crippen molar-refractivity contribution < 1.29 is 4.79 Å². The van der Waals surface area contributed by atoms with Crippen LogP contribution in [0.1, 0.15) is 40.4 Å². The van der Waals surface area contributed by atoms with Gasteiger partial charge in [-0.15, -0.1) is 0 Å². The zero-order valence-corrected chi connectivity index (χ0v) is 17.8. The lowest BCUT2D eigenvalue weighted by Gasteiger charge is -2.20. The van der Waals surface area contributed by atoms with Crippen molar-refractivity contribution in [2.45, 2.75) is 32.5 Å². The minimum absolute atomic E-state index is 0.0190. The molecule has 0 spiro atoms. The number of unbranched alkanes of at least 4 members (excludes halogenated alkanes) is 1. The highest BCUT2D eigenvalue weighted by atomic mass is 16.1. The van der Waals surface area contributed by atoms with Crippen LogP contribution in [0.15, 0.2) is 49.1 Å². The second-order valence-electron chi connectivity index (χ2n) is 7.68. The first-order chi connectivity index (χ1) is 14.6. The van der Waals surface area contributed by atoms with Crippen LogP contribution in [0.5, 0.6) is 0 Å². The zero-order chi connectivity index (χ0) is 21.2. The monoisotopic (exact) mass is 409 g/mol. The average molecular weight is 410 g/mol. The number of aromatic amines is 2. The van der Waals surface area contributed by atoms with Crippen LogP contribution in [0.25, 0.3) is 0 Å². The van der Waals surface area contributed by atoms with Crippen molar-refractivity contribution in [3.63, 3.8) is 0 Å². The van der Waals surface area contributed by atoms with E-state index in [9.17, 15) is 4.79 Å². The fourth-order valence-corrected chi connectivity index (χ4v) is 3.24. The van der Waals surface area contributed by atoms with Gasteiger partial charge in [0.25, 0.3) is 5.91 Å². The lowest BCUT2D eigenvalue weighted by Crippen LogP contribution is -2.25. The molecule has 0 aliphatic heterocycles. The van der Waals surface area contributed by atoms with Gasteiger partial charge in [0.2, 0.25) is 0 Å². The van der Waals surface area contributed by atoms with Gasteiger partial charge in [0.05, 0.1) is 13.1 Å². The van der Waals surface area contributed by atoms with Crippen molar-refractivity contribution >= 4 is 5.91 Å². The predicted molar refractivity (Wildman–Crippen MR) is 117 cm³/mol. The first-order valence-corrected chi connectivity index (χ1v) is 10.3. The van der Waals surface area contributed by atoms with E-state index in [4.69, 9.17) is 0 Å². The summed E-state index contributed by atoms with van der Waals surface area (Å²) in [6, 6.07) is 7.81. The number of hydrogen-bond donors (Lipinski definition) is 3. The summed E-state index contributed by atoms with van der Waals surface area (Å²) in [7, 11) is 4.12. The molecule has 160 valence electrons. The Labute approximate surface area is 177 Å². The van der Waals surface area contributed by atoms with Crippen LogP contribution >= 0.6 is 0 Å². The van der Waals surface area contributed by atoms with Crippen molar-refractivity contribution in [2.24, 2.45) is 0 Å². The summed E-state index contributed by atoms with van der Waals surface area (Å²) in [6.45, 7) is 3.84. The van der Waals surface area contributed by atoms with Crippen molar-refractivity contribution in [3.8, 4) is 0 Å². The molecule has 1 amide bonds. The fraction of sp³-hybridized carbons (Fsp3) is 0.409. The Balaban J connectivity index is 1.53. The van der Waals surface area contributed by atoms with E-state index < -0.39 is 0 Å². The van der Waals surface area contributed by atoms with Gasteiger partial charge in [-0.3, -0.25) is 9.69 Å². The molecule has 8 heteroatoms. The van der Waals surface area contributed by atoms with Gasteiger partial charge in [-0.1, -0.05) is 12.1 Å². The molecule has 8 nitrogen and oxygen atoms in total. The molecule has 0 bridgehead atoms. The number of H-pyrrole nitrogens is 2. The molecule has 0 saturated heterocycles. The number of imidazole rings is 2. The molecule has 0 saturated carbocycles. The summed E-state index contributed by atoms with van der Waals surface area (Å²) < 4.78 is 0. The number of carbonyl (C=O) groups is 1. The maximum atomic E-state index is 12.3. The molecule has 0 atom stereocenters. The van der Waals surface area contributed by atoms with Crippen LogP contribution in [0, 0.1) is 0 Å². The zero-order valence-electron chi connectivity index (χ0n) is 17.8. The third-order valence-electron chi connectivity index (χ3n) is 4.80. The third-order valence-corrected chi connectivity index (χ3v) is 4.80. The summed E-state index contributed by atoms with van der Waals surface area (Å²) in [5, 5.41) is 3.00. The topological polar surface area (TPSA) is 92.9 Å². The molecule has 2 heterocycles. The minimum Gasteiger partial charge on any atom is -0.352 e. The van der Waals surface area contributed by atoms with Crippen molar-refractivity contribution in [2.75, 3.05) is 27.2 Å². The van der Waals surface area contributed by atoms with Crippen LogP contribution in [0.4, 0.5) is 0 Å². The summed E-state index contributed by atoms with van der Waals surface area (Å²) in [4.78, 5) is 31.7. The number of nitrogens with zero attached hydrogens (tertiary/aromatic N) is 4. The highest BCUT2D eigenvalue weighted by Gasteiger charge is 2.12. The van der Waals surface area contributed by atoms with Gasteiger partial charge in [-0.05, 0) is 51.2 Å². The van der Waals surface area contributed by atoms with Crippen LogP contribution in [0.3, 0.4) is 0 Å². The van der Waals surface area contributed by atoms with Crippen molar-refractivity contribution in [1.82, 2.24) is 35.1 Å². The van der Waals surface area contributed by atoms with Crippen LogP contribution < -0.4 is 5.32 Å². The highest BCUT2D eigenvalue weighted by Crippen LogP contribution is 2.12. The SMILES string of the molecule is CN(C)CCCCNC(=O)c1ccc(CN(Cc2ncc[nH]2)Cc2ncc[nH]2)cc1. The Bertz CT molecular complexity index is 821. The first-order valence-electron chi connectivity index (χ1n) is 10.3. The molecule has 30 heavy (non-hydrogen) atoms. The molecule has 0 aliphatic carbocycles. The van der Waals surface area contributed by atoms with E-state index in [0.717, 1.165) is 43.1 Å². The number of aromatic nitrogens is 4. The van der Waals surface area contributed by atoms with Crippen LogP contribution in [-0.4, -0.2) is 62.8 Å². The van der Waals surface area contributed by atoms with Crippen LogP contribution in [0.2, 0.25) is 0 Å². The Hall–Kier alpha value is -2.97. The largest absolute Gasteiger partial charge is 0.352 e. The number of hydrogen-bond acceptors (Lipinski definition) is 5. The van der Waals surface area contributed by atoms with Gasteiger partial charge in [0, 0.05) is 43.4 Å². The van der Waals surface area contributed by atoms with Gasteiger partial charge >= 0.3 is 0 Å². The lowest BCUT2D eigenvalue weighted by molar-refractivity contribution is 0.0952. The van der Waals surface area contributed by atoms with Gasteiger partial charge in [0.15, 0.2) is 0 Å². The van der Waals surface area contributed by atoms with E-state index >= 15 is 0 Å². The summed E-state index contributed by atoms with van der Waals surface area (Å²) in [6.07, 6.45) is 9.23. The second-order valence-corrected chi connectivity index (χ2v) is 7.68. The number of benzene rings is 1. The predicted octanol–water partition coefficient (Wildman–Crippen LogP) is 2.41. The standard InChI is InChI=1S/C22H31N7O/c1-28(2)14-4-3-9-27-22(30)19-7-5-18(6-8-19)15-29(16-20-23-10-11-24-20)17-21-25-12-13-26-21/h5-8,10-13H,3-4,9,14-17H2,1-2H3,(H,23,24)(H,25,26)(H,27,30). The molecule has 3 aromatic rings. The fourth-order valence-electron chi connectivity index (χ4n) is 3.24. The van der Waals surface area contributed by atoms with E-state index in [1.807, 2.05) is 36.7 Å². The highest BCUT2D eigenvalue weighted by molar-refractivity contribution is 5.94. The van der Waals surface area contributed by atoms with E-state index in [1.165, 1.54) is 0 Å². The first kappa shape index (κ1) is 21.7. The number of amides is 1. The molecular weight excluding hydrogens is 378 g/mol. The minimum atomic E-state index is -0.0190. The van der Waals surface area contributed by atoms with Crippen molar-refractivity contribution in [1.29, 1.82) is 0 Å². The quantitative estimate of drug-likeness (QED) is 0.400. The Kier molecular flexibility index (Phi) is 8.17. The van der Waals surface area contributed by atoms with E-state index in [0.29, 0.717) is 25.2 Å². The smallest absolute Gasteiger partial charge is 0.251 e. The van der Waals surface area contributed by atoms with E-state index in [-0.39, 0.29) is 5.91 Å². The average Bonchev–Trinajstić information content (AvgIpc) is 3.42. The summed E-state index contributed by atoms with van der Waals surface area (Å²) >= 11 is 0.